The molecule has 0 aliphatic carbocycles. The summed E-state index contributed by atoms with van der Waals surface area (Å²) < 4.78 is 16.1. The fourth-order valence-electron chi connectivity index (χ4n) is 1.98. The predicted molar refractivity (Wildman–Crippen MR) is 65.0 cm³/mol. The molecule has 102 valence electrons. The molecule has 2 heterocycles. The molecule has 0 amide bonds. The first-order valence-corrected chi connectivity index (χ1v) is 6.57. The molecular weight excluding hydrogens is 234 g/mol. The maximum absolute atomic E-state index is 5.89. The van der Waals surface area contributed by atoms with Gasteiger partial charge < -0.3 is 19.7 Å². The van der Waals surface area contributed by atoms with Crippen molar-refractivity contribution in [3.63, 3.8) is 0 Å². The molecule has 6 nitrogen and oxygen atoms in total. The molecular formula is C12H21N3O3. The van der Waals surface area contributed by atoms with E-state index < -0.39 is 0 Å². The second kappa shape index (κ2) is 6.82. The number of ether oxygens (including phenoxy) is 2. The highest BCUT2D eigenvalue weighted by Crippen LogP contribution is 2.17. The summed E-state index contributed by atoms with van der Waals surface area (Å²) in [4.78, 5) is 4.29. The van der Waals surface area contributed by atoms with Crippen molar-refractivity contribution in [1.29, 1.82) is 0 Å². The topological polar surface area (TPSA) is 83.4 Å². The van der Waals surface area contributed by atoms with E-state index in [4.69, 9.17) is 19.7 Å². The van der Waals surface area contributed by atoms with Crippen molar-refractivity contribution in [2.45, 2.75) is 44.8 Å². The summed E-state index contributed by atoms with van der Waals surface area (Å²) in [6.45, 7) is 3.80. The van der Waals surface area contributed by atoms with Crippen molar-refractivity contribution in [1.82, 2.24) is 10.1 Å². The van der Waals surface area contributed by atoms with Crippen LogP contribution in [0.15, 0.2) is 4.52 Å². The Morgan fingerprint density at radius 3 is 3.11 bits per heavy atom. The molecule has 0 aromatic carbocycles. The van der Waals surface area contributed by atoms with Crippen LogP contribution < -0.4 is 5.73 Å². The highest BCUT2D eigenvalue weighted by molar-refractivity contribution is 4.94. The number of hydrogen-bond donors (Lipinski definition) is 1. The third kappa shape index (κ3) is 3.76. The third-order valence-electron chi connectivity index (χ3n) is 2.99. The minimum Gasteiger partial charge on any atom is -0.380 e. The van der Waals surface area contributed by atoms with Gasteiger partial charge in [0.15, 0.2) is 5.82 Å². The number of nitrogens with zero attached hydrogens (tertiary/aromatic N) is 2. The first-order chi connectivity index (χ1) is 8.79. The van der Waals surface area contributed by atoms with E-state index in [0.29, 0.717) is 31.3 Å². The molecule has 2 unspecified atom stereocenters. The lowest BCUT2D eigenvalue weighted by Crippen LogP contribution is -2.22. The molecule has 6 heteroatoms. The zero-order valence-electron chi connectivity index (χ0n) is 10.8. The van der Waals surface area contributed by atoms with E-state index in [1.54, 1.807) is 0 Å². The largest absolute Gasteiger partial charge is 0.380 e. The van der Waals surface area contributed by atoms with E-state index in [-0.39, 0.29) is 12.1 Å². The van der Waals surface area contributed by atoms with E-state index in [1.165, 1.54) is 6.42 Å². The molecule has 1 aliphatic heterocycles. The van der Waals surface area contributed by atoms with Gasteiger partial charge in [-0.2, -0.15) is 4.98 Å². The van der Waals surface area contributed by atoms with Gasteiger partial charge in [0.1, 0.15) is 0 Å². The summed E-state index contributed by atoms with van der Waals surface area (Å²) in [5.41, 5.74) is 5.89. The molecule has 1 aromatic rings. The smallest absolute Gasteiger partial charge is 0.229 e. The quantitative estimate of drug-likeness (QED) is 0.822. The van der Waals surface area contributed by atoms with Crippen molar-refractivity contribution in [2.24, 2.45) is 5.73 Å². The Kier molecular flexibility index (Phi) is 5.10. The fraction of sp³-hybridized carbons (Fsp3) is 0.833. The van der Waals surface area contributed by atoms with E-state index in [1.807, 2.05) is 6.92 Å². The van der Waals surface area contributed by atoms with Gasteiger partial charge in [0.05, 0.1) is 25.2 Å². The molecule has 18 heavy (non-hydrogen) atoms. The van der Waals surface area contributed by atoms with Crippen LogP contribution in [-0.2, 0) is 15.9 Å². The van der Waals surface area contributed by atoms with Gasteiger partial charge in [-0.25, -0.2) is 0 Å². The number of aromatic nitrogens is 2. The lowest BCUT2D eigenvalue weighted by atomic mass is 10.1. The summed E-state index contributed by atoms with van der Waals surface area (Å²) in [5, 5.41) is 3.89. The Bertz CT molecular complexity index is 350. The highest BCUT2D eigenvalue weighted by Gasteiger charge is 2.20. The van der Waals surface area contributed by atoms with Gasteiger partial charge >= 0.3 is 0 Å². The molecule has 1 aliphatic rings. The van der Waals surface area contributed by atoms with Crippen LogP contribution in [0, 0.1) is 0 Å². The minimum absolute atomic E-state index is 0.204. The molecule has 1 fully saturated rings. The molecule has 0 bridgehead atoms. The average molecular weight is 255 g/mol. The highest BCUT2D eigenvalue weighted by atomic mass is 16.5. The third-order valence-corrected chi connectivity index (χ3v) is 2.99. The Morgan fingerprint density at radius 2 is 2.39 bits per heavy atom. The zero-order valence-corrected chi connectivity index (χ0v) is 10.8. The van der Waals surface area contributed by atoms with E-state index in [0.717, 1.165) is 19.4 Å². The first-order valence-electron chi connectivity index (χ1n) is 6.57. The molecule has 1 aromatic heterocycles. The summed E-state index contributed by atoms with van der Waals surface area (Å²) >= 11 is 0. The minimum atomic E-state index is -0.324. The summed E-state index contributed by atoms with van der Waals surface area (Å²) in [5.74, 6) is 1.11. The standard InChI is InChI=1S/C12H21N3O3/c1-2-16-8-10(13)12-14-11(18-15-12)7-9-5-3-4-6-17-9/h9-10H,2-8,13H2,1H3. The van der Waals surface area contributed by atoms with Gasteiger partial charge in [-0.1, -0.05) is 5.16 Å². The van der Waals surface area contributed by atoms with Crippen LogP contribution in [0.1, 0.15) is 43.9 Å². The Hall–Kier alpha value is -0.980. The number of hydrogen-bond acceptors (Lipinski definition) is 6. The van der Waals surface area contributed by atoms with E-state index >= 15 is 0 Å². The second-order valence-electron chi connectivity index (χ2n) is 4.50. The van der Waals surface area contributed by atoms with Crippen LogP contribution in [0.5, 0.6) is 0 Å². The molecule has 2 N–H and O–H groups in total. The van der Waals surface area contributed by atoms with Crippen molar-refractivity contribution in [3.05, 3.63) is 11.7 Å². The SMILES string of the molecule is CCOCC(N)c1noc(CC2CCCCO2)n1. The van der Waals surface area contributed by atoms with E-state index in [2.05, 4.69) is 10.1 Å². The lowest BCUT2D eigenvalue weighted by Gasteiger charge is -2.20. The second-order valence-corrected chi connectivity index (χ2v) is 4.50. The van der Waals surface area contributed by atoms with Gasteiger partial charge in [-0.15, -0.1) is 0 Å². The molecule has 0 radical (unpaired) electrons. The van der Waals surface area contributed by atoms with Crippen LogP contribution in [0.2, 0.25) is 0 Å². The van der Waals surface area contributed by atoms with Gasteiger partial charge in [-0.3, -0.25) is 0 Å². The zero-order chi connectivity index (χ0) is 12.8. The number of nitrogens with two attached hydrogens (primary N) is 1. The van der Waals surface area contributed by atoms with Crippen molar-refractivity contribution in [3.8, 4) is 0 Å². The van der Waals surface area contributed by atoms with Crippen LogP contribution in [0.3, 0.4) is 0 Å². The van der Waals surface area contributed by atoms with E-state index in [9.17, 15) is 0 Å². The Morgan fingerprint density at radius 1 is 1.50 bits per heavy atom. The van der Waals surface area contributed by atoms with Crippen LogP contribution in [0.25, 0.3) is 0 Å². The van der Waals surface area contributed by atoms with Crippen molar-refractivity contribution >= 4 is 0 Å². The van der Waals surface area contributed by atoms with Crippen molar-refractivity contribution in [2.75, 3.05) is 19.8 Å². The van der Waals surface area contributed by atoms with Crippen LogP contribution in [0.4, 0.5) is 0 Å². The lowest BCUT2D eigenvalue weighted by molar-refractivity contribution is 0.0124. The Balaban J connectivity index is 1.84. The van der Waals surface area contributed by atoms with Gasteiger partial charge in [0.2, 0.25) is 5.89 Å². The maximum Gasteiger partial charge on any atom is 0.229 e. The normalized spacial score (nSPS) is 22.0. The predicted octanol–water partition coefficient (Wildman–Crippen LogP) is 1.22. The summed E-state index contributed by atoms with van der Waals surface area (Å²) in [6.07, 6.45) is 4.28. The summed E-state index contributed by atoms with van der Waals surface area (Å²) in [6, 6.07) is -0.324. The maximum atomic E-state index is 5.89. The van der Waals surface area contributed by atoms with Gasteiger partial charge in [-0.05, 0) is 26.2 Å². The molecule has 2 atom stereocenters. The molecule has 0 saturated carbocycles. The molecule has 0 spiro atoms. The van der Waals surface area contributed by atoms with Gasteiger partial charge in [0, 0.05) is 13.2 Å². The average Bonchev–Trinajstić information content (AvgIpc) is 2.86. The molecule has 1 saturated heterocycles. The van der Waals surface area contributed by atoms with Crippen LogP contribution in [-0.4, -0.2) is 36.1 Å². The summed E-state index contributed by atoms with van der Waals surface area (Å²) in [7, 11) is 0. The van der Waals surface area contributed by atoms with Crippen molar-refractivity contribution < 1.29 is 14.0 Å². The van der Waals surface area contributed by atoms with Crippen LogP contribution >= 0.6 is 0 Å². The first kappa shape index (κ1) is 13.5. The number of rotatable bonds is 6. The fourth-order valence-corrected chi connectivity index (χ4v) is 1.98. The molecule has 2 rings (SSSR count). The Labute approximate surface area is 107 Å². The monoisotopic (exact) mass is 255 g/mol. The van der Waals surface area contributed by atoms with Gasteiger partial charge in [0.25, 0.3) is 0 Å².